The van der Waals surface area contributed by atoms with Crippen LogP contribution in [0.5, 0.6) is 0 Å². The molecule has 1 aliphatic rings. The van der Waals surface area contributed by atoms with Crippen LogP contribution in [0.1, 0.15) is 31.2 Å². The summed E-state index contributed by atoms with van der Waals surface area (Å²) in [5.41, 5.74) is 2.50. The lowest BCUT2D eigenvalue weighted by molar-refractivity contribution is 0.0669. The molecule has 4 heteroatoms. The van der Waals surface area contributed by atoms with E-state index in [4.69, 9.17) is 4.74 Å². The Morgan fingerprint density at radius 2 is 2.19 bits per heavy atom. The Hall–Kier alpha value is -1.81. The zero-order valence-corrected chi connectivity index (χ0v) is 12.5. The quantitative estimate of drug-likeness (QED) is 0.916. The number of benzene rings is 1. The number of methoxy groups -OCH3 is 1. The van der Waals surface area contributed by atoms with Crippen molar-refractivity contribution in [3.63, 3.8) is 0 Å². The van der Waals surface area contributed by atoms with Gasteiger partial charge in [-0.05, 0) is 43.4 Å². The van der Waals surface area contributed by atoms with Gasteiger partial charge in [0.15, 0.2) is 0 Å². The highest BCUT2D eigenvalue weighted by Gasteiger charge is 2.22. The molecule has 2 aromatic rings. The highest BCUT2D eigenvalue weighted by Crippen LogP contribution is 2.25. The molecular weight excluding hydrogens is 262 g/mol. The van der Waals surface area contributed by atoms with E-state index in [1.54, 1.807) is 0 Å². The molecule has 0 spiro atoms. The second-order valence-corrected chi connectivity index (χ2v) is 5.73. The zero-order valence-electron chi connectivity index (χ0n) is 12.5. The van der Waals surface area contributed by atoms with Gasteiger partial charge in [-0.3, -0.25) is 4.68 Å². The Balaban J connectivity index is 1.70. The van der Waals surface area contributed by atoms with Gasteiger partial charge in [-0.25, -0.2) is 0 Å². The molecule has 0 saturated heterocycles. The van der Waals surface area contributed by atoms with E-state index >= 15 is 0 Å². The SMILES string of the molecule is COC1CCCC(Nc2ccccc2Cn2cccn2)C1. The first-order valence-corrected chi connectivity index (χ1v) is 7.70. The lowest BCUT2D eigenvalue weighted by Crippen LogP contribution is -2.31. The van der Waals surface area contributed by atoms with Crippen LogP contribution in [0.15, 0.2) is 42.7 Å². The smallest absolute Gasteiger partial charge is 0.0679 e. The van der Waals surface area contributed by atoms with Gasteiger partial charge >= 0.3 is 0 Å². The molecule has 4 nitrogen and oxygen atoms in total. The highest BCUT2D eigenvalue weighted by molar-refractivity contribution is 5.52. The molecule has 1 aliphatic carbocycles. The van der Waals surface area contributed by atoms with Gasteiger partial charge in [-0.15, -0.1) is 0 Å². The molecule has 1 N–H and O–H groups in total. The molecule has 1 aromatic heterocycles. The van der Waals surface area contributed by atoms with Crippen molar-refractivity contribution in [3.05, 3.63) is 48.3 Å². The second kappa shape index (κ2) is 6.76. The van der Waals surface area contributed by atoms with Crippen LogP contribution in [0.25, 0.3) is 0 Å². The summed E-state index contributed by atoms with van der Waals surface area (Å²) in [4.78, 5) is 0. The van der Waals surface area contributed by atoms with E-state index in [0.717, 1.165) is 13.0 Å². The van der Waals surface area contributed by atoms with Gasteiger partial charge in [0, 0.05) is 31.2 Å². The number of hydrogen-bond acceptors (Lipinski definition) is 3. The molecule has 1 heterocycles. The average molecular weight is 285 g/mol. The van der Waals surface area contributed by atoms with Crippen LogP contribution in [0.2, 0.25) is 0 Å². The van der Waals surface area contributed by atoms with Crippen LogP contribution in [0.3, 0.4) is 0 Å². The maximum absolute atomic E-state index is 5.52. The Labute approximate surface area is 126 Å². The third-order valence-electron chi connectivity index (χ3n) is 4.23. The van der Waals surface area contributed by atoms with Gasteiger partial charge in [0.2, 0.25) is 0 Å². The standard InChI is InChI=1S/C17H23N3O/c1-21-16-8-4-7-15(12-16)19-17-9-3-2-6-14(17)13-20-11-5-10-18-20/h2-3,5-6,9-11,15-16,19H,4,7-8,12-13H2,1H3. The molecule has 112 valence electrons. The molecule has 2 atom stereocenters. The molecule has 3 rings (SSSR count). The number of aromatic nitrogens is 2. The summed E-state index contributed by atoms with van der Waals surface area (Å²) in [5, 5.41) is 8.00. The lowest BCUT2D eigenvalue weighted by Gasteiger charge is -2.30. The minimum absolute atomic E-state index is 0.398. The van der Waals surface area contributed by atoms with E-state index in [2.05, 4.69) is 34.7 Å². The van der Waals surface area contributed by atoms with Gasteiger partial charge in [0.1, 0.15) is 0 Å². The fourth-order valence-corrected chi connectivity index (χ4v) is 3.08. The molecule has 0 bridgehead atoms. The van der Waals surface area contributed by atoms with Crippen LogP contribution in [-0.4, -0.2) is 29.0 Å². The predicted molar refractivity (Wildman–Crippen MR) is 84.4 cm³/mol. The van der Waals surface area contributed by atoms with Gasteiger partial charge in [-0.2, -0.15) is 5.10 Å². The maximum Gasteiger partial charge on any atom is 0.0679 e. The Bertz CT molecular complexity index is 553. The molecule has 1 aromatic carbocycles. The van der Waals surface area contributed by atoms with Gasteiger partial charge in [0.25, 0.3) is 0 Å². The summed E-state index contributed by atoms with van der Waals surface area (Å²) in [5.74, 6) is 0. The number of hydrogen-bond donors (Lipinski definition) is 1. The summed E-state index contributed by atoms with van der Waals surface area (Å²) >= 11 is 0. The third kappa shape index (κ3) is 3.64. The minimum Gasteiger partial charge on any atom is -0.382 e. The zero-order chi connectivity index (χ0) is 14.5. The van der Waals surface area contributed by atoms with Crippen molar-refractivity contribution in [1.82, 2.24) is 9.78 Å². The summed E-state index contributed by atoms with van der Waals surface area (Å²) in [6.45, 7) is 0.802. The molecule has 21 heavy (non-hydrogen) atoms. The largest absolute Gasteiger partial charge is 0.382 e. The topological polar surface area (TPSA) is 39.1 Å². The fourth-order valence-electron chi connectivity index (χ4n) is 3.08. The first-order valence-electron chi connectivity index (χ1n) is 7.70. The highest BCUT2D eigenvalue weighted by atomic mass is 16.5. The summed E-state index contributed by atoms with van der Waals surface area (Å²) in [6, 6.07) is 11.0. The van der Waals surface area contributed by atoms with Gasteiger partial charge in [-0.1, -0.05) is 18.2 Å². The van der Waals surface area contributed by atoms with E-state index < -0.39 is 0 Å². The summed E-state index contributed by atoms with van der Waals surface area (Å²) < 4.78 is 7.48. The number of anilines is 1. The van der Waals surface area contributed by atoms with Crippen molar-refractivity contribution in [2.24, 2.45) is 0 Å². The van der Waals surface area contributed by atoms with Crippen molar-refractivity contribution >= 4 is 5.69 Å². The number of para-hydroxylation sites is 1. The Morgan fingerprint density at radius 3 is 3.00 bits per heavy atom. The summed E-state index contributed by atoms with van der Waals surface area (Å²) in [6.07, 6.45) is 8.94. The van der Waals surface area contributed by atoms with Crippen molar-refractivity contribution in [1.29, 1.82) is 0 Å². The Kier molecular flexibility index (Phi) is 4.55. The summed E-state index contributed by atoms with van der Waals surface area (Å²) in [7, 11) is 1.82. The van der Waals surface area contributed by atoms with E-state index in [0.29, 0.717) is 12.1 Å². The fraction of sp³-hybridized carbons (Fsp3) is 0.471. The molecular formula is C17H23N3O. The Morgan fingerprint density at radius 1 is 1.29 bits per heavy atom. The van der Waals surface area contributed by atoms with Crippen molar-refractivity contribution in [2.75, 3.05) is 12.4 Å². The van der Waals surface area contributed by atoms with Crippen LogP contribution in [0, 0.1) is 0 Å². The van der Waals surface area contributed by atoms with E-state index in [1.165, 1.54) is 30.5 Å². The van der Waals surface area contributed by atoms with Crippen LogP contribution in [-0.2, 0) is 11.3 Å². The van der Waals surface area contributed by atoms with Gasteiger partial charge < -0.3 is 10.1 Å². The maximum atomic E-state index is 5.52. The van der Waals surface area contributed by atoms with Crippen molar-refractivity contribution < 1.29 is 4.74 Å². The normalized spacial score (nSPS) is 22.1. The monoisotopic (exact) mass is 285 g/mol. The van der Waals surface area contributed by atoms with Crippen molar-refractivity contribution in [3.8, 4) is 0 Å². The van der Waals surface area contributed by atoms with E-state index in [1.807, 2.05) is 30.3 Å². The first kappa shape index (κ1) is 14.1. The first-order chi connectivity index (χ1) is 10.3. The van der Waals surface area contributed by atoms with Crippen molar-refractivity contribution in [2.45, 2.75) is 44.4 Å². The third-order valence-corrected chi connectivity index (χ3v) is 4.23. The molecule has 0 radical (unpaired) electrons. The molecule has 0 aliphatic heterocycles. The molecule has 0 amide bonds. The minimum atomic E-state index is 0.398. The number of ether oxygens (including phenoxy) is 1. The molecule has 2 unspecified atom stereocenters. The number of nitrogens with zero attached hydrogens (tertiary/aromatic N) is 2. The lowest BCUT2D eigenvalue weighted by atomic mass is 9.92. The predicted octanol–water partition coefficient (Wildman–Crippen LogP) is 3.30. The number of nitrogens with one attached hydrogen (secondary N) is 1. The van der Waals surface area contributed by atoms with Crippen LogP contribution in [0.4, 0.5) is 5.69 Å². The average Bonchev–Trinajstić information content (AvgIpc) is 3.02. The van der Waals surface area contributed by atoms with Gasteiger partial charge in [0.05, 0.1) is 12.6 Å². The molecule has 1 saturated carbocycles. The van der Waals surface area contributed by atoms with E-state index in [9.17, 15) is 0 Å². The molecule has 1 fully saturated rings. The van der Waals surface area contributed by atoms with E-state index in [-0.39, 0.29) is 0 Å². The number of rotatable bonds is 5. The second-order valence-electron chi connectivity index (χ2n) is 5.73. The van der Waals surface area contributed by atoms with Crippen LogP contribution >= 0.6 is 0 Å². The van der Waals surface area contributed by atoms with Crippen LogP contribution < -0.4 is 5.32 Å².